The number of carbonyl (C=O) groups is 1. The number of nitrogens with one attached hydrogen (secondary N) is 1. The molecule has 9 heteroatoms. The number of carbonyl (C=O) groups excluding carboxylic acids is 1. The average Bonchev–Trinajstić information content (AvgIpc) is 3.26. The van der Waals surface area contributed by atoms with Crippen LogP contribution in [0, 0.1) is 11.3 Å². The zero-order valence-corrected chi connectivity index (χ0v) is 19.8. The van der Waals surface area contributed by atoms with Crippen LogP contribution in [0.5, 0.6) is 0 Å². The van der Waals surface area contributed by atoms with Crippen molar-refractivity contribution in [3.63, 3.8) is 0 Å². The number of hydroxylamine groups is 1. The van der Waals surface area contributed by atoms with E-state index in [-0.39, 0.29) is 6.42 Å². The van der Waals surface area contributed by atoms with E-state index in [0.717, 1.165) is 28.5 Å². The fourth-order valence-electron chi connectivity index (χ4n) is 3.67. The van der Waals surface area contributed by atoms with Crippen LogP contribution in [0.3, 0.4) is 0 Å². The molecule has 2 N–H and O–H groups in total. The first-order valence-corrected chi connectivity index (χ1v) is 12.3. The molecule has 1 unspecified atom stereocenters. The number of hydrogen-bond acceptors (Lipinski definition) is 7. The highest BCUT2D eigenvalue weighted by molar-refractivity contribution is 7.92. The van der Waals surface area contributed by atoms with E-state index in [0.29, 0.717) is 12.1 Å². The Morgan fingerprint density at radius 1 is 1.12 bits per heavy atom. The standard InChI is InChI=1S/C24H27N3O5S/c1-23(2,15-25)19-11-9-17(10-12-19)16-5-7-18(8-6-16)21-13-20(32-27-21)14-24(3,22(28)26-29)33(4,30)31/h5-12,20,29H,13-14H2,1-4H3,(H,26,28)/t20-,24?/m1/s1. The van der Waals surface area contributed by atoms with E-state index in [1.54, 1.807) is 0 Å². The summed E-state index contributed by atoms with van der Waals surface area (Å²) in [5.74, 6) is -1.00. The smallest absolute Gasteiger partial charge is 0.264 e. The molecular formula is C24H27N3O5S. The Hall–Kier alpha value is -3.22. The van der Waals surface area contributed by atoms with Crippen LogP contribution in [0.25, 0.3) is 11.1 Å². The van der Waals surface area contributed by atoms with Gasteiger partial charge >= 0.3 is 0 Å². The predicted octanol–water partition coefficient (Wildman–Crippen LogP) is 3.35. The number of amides is 1. The number of oxime groups is 1. The molecule has 0 aliphatic carbocycles. The largest absolute Gasteiger partial charge is 0.392 e. The lowest BCUT2D eigenvalue weighted by atomic mass is 9.85. The lowest BCUT2D eigenvalue weighted by Crippen LogP contribution is -2.51. The van der Waals surface area contributed by atoms with Gasteiger partial charge in [-0.15, -0.1) is 0 Å². The lowest BCUT2D eigenvalue weighted by Gasteiger charge is -2.26. The van der Waals surface area contributed by atoms with E-state index in [1.165, 1.54) is 12.4 Å². The van der Waals surface area contributed by atoms with Gasteiger partial charge in [-0.3, -0.25) is 10.0 Å². The van der Waals surface area contributed by atoms with Gasteiger partial charge < -0.3 is 4.84 Å². The van der Waals surface area contributed by atoms with Crippen LogP contribution in [0.1, 0.15) is 44.7 Å². The molecule has 0 bridgehead atoms. The van der Waals surface area contributed by atoms with E-state index in [4.69, 9.17) is 10.0 Å². The van der Waals surface area contributed by atoms with Crippen LogP contribution in [0.15, 0.2) is 53.7 Å². The number of nitriles is 1. The van der Waals surface area contributed by atoms with E-state index >= 15 is 0 Å². The van der Waals surface area contributed by atoms with Crippen molar-refractivity contribution in [2.24, 2.45) is 5.16 Å². The Kier molecular flexibility index (Phi) is 6.63. The molecule has 1 aliphatic rings. The molecule has 8 nitrogen and oxygen atoms in total. The summed E-state index contributed by atoms with van der Waals surface area (Å²) in [7, 11) is -3.82. The number of sulfone groups is 1. The summed E-state index contributed by atoms with van der Waals surface area (Å²) in [6, 6.07) is 17.9. The third kappa shape index (κ3) is 4.92. The monoisotopic (exact) mass is 469 g/mol. The first-order valence-electron chi connectivity index (χ1n) is 10.4. The third-order valence-electron chi connectivity index (χ3n) is 6.19. The second-order valence-electron chi connectivity index (χ2n) is 9.01. The molecular weight excluding hydrogens is 442 g/mol. The first-order chi connectivity index (χ1) is 15.4. The summed E-state index contributed by atoms with van der Waals surface area (Å²) >= 11 is 0. The molecule has 2 aromatic rings. The second-order valence-corrected chi connectivity index (χ2v) is 11.5. The van der Waals surface area contributed by atoms with E-state index < -0.39 is 32.0 Å². The number of hydrogen-bond donors (Lipinski definition) is 2. The maximum atomic E-state index is 12.2. The number of benzene rings is 2. The Morgan fingerprint density at radius 3 is 2.12 bits per heavy atom. The molecule has 33 heavy (non-hydrogen) atoms. The van der Waals surface area contributed by atoms with Crippen molar-refractivity contribution in [2.75, 3.05) is 6.26 Å². The van der Waals surface area contributed by atoms with Crippen molar-refractivity contribution in [3.8, 4) is 17.2 Å². The first kappa shape index (κ1) is 24.4. The van der Waals surface area contributed by atoms with Crippen molar-refractivity contribution < 1.29 is 23.3 Å². The van der Waals surface area contributed by atoms with Crippen molar-refractivity contribution in [3.05, 3.63) is 59.7 Å². The molecule has 3 rings (SSSR count). The molecule has 1 heterocycles. The molecule has 0 spiro atoms. The zero-order chi connectivity index (χ0) is 24.4. The molecule has 1 amide bonds. The topological polar surface area (TPSA) is 129 Å². The van der Waals surface area contributed by atoms with Crippen LogP contribution >= 0.6 is 0 Å². The SMILES string of the molecule is CC(C)(C#N)c1ccc(-c2ccc(C3=NO[C@@H](CC(C)(C(=O)NO)S(C)(=O)=O)C3)cc2)cc1. The number of nitrogens with zero attached hydrogens (tertiary/aromatic N) is 2. The lowest BCUT2D eigenvalue weighted by molar-refractivity contribution is -0.132. The van der Waals surface area contributed by atoms with Crippen molar-refractivity contribution in [1.29, 1.82) is 5.26 Å². The predicted molar refractivity (Wildman–Crippen MR) is 124 cm³/mol. The van der Waals surface area contributed by atoms with Gasteiger partial charge in [0.2, 0.25) is 0 Å². The van der Waals surface area contributed by atoms with Gasteiger partial charge in [0.1, 0.15) is 6.10 Å². The minimum absolute atomic E-state index is 0.144. The van der Waals surface area contributed by atoms with Gasteiger partial charge in [0.15, 0.2) is 14.6 Å². The summed E-state index contributed by atoms with van der Waals surface area (Å²) in [5.41, 5.74) is 5.33. The van der Waals surface area contributed by atoms with Crippen molar-refractivity contribution in [2.45, 2.75) is 49.9 Å². The van der Waals surface area contributed by atoms with Crippen LogP contribution in [0.4, 0.5) is 0 Å². The van der Waals surface area contributed by atoms with Gasteiger partial charge in [0.25, 0.3) is 5.91 Å². The van der Waals surface area contributed by atoms with Crippen molar-refractivity contribution in [1.82, 2.24) is 5.48 Å². The Labute approximate surface area is 193 Å². The summed E-state index contributed by atoms with van der Waals surface area (Å²) in [6.07, 6.45) is 0.522. The number of rotatable bonds is 7. The Morgan fingerprint density at radius 2 is 1.64 bits per heavy atom. The highest BCUT2D eigenvalue weighted by Crippen LogP contribution is 2.30. The summed E-state index contributed by atoms with van der Waals surface area (Å²) in [4.78, 5) is 17.4. The normalized spacial score (nSPS) is 17.9. The summed E-state index contributed by atoms with van der Waals surface area (Å²) in [5, 5.41) is 22.4. The Bertz CT molecular complexity index is 1210. The molecule has 0 radical (unpaired) electrons. The van der Waals surface area contributed by atoms with Crippen LogP contribution < -0.4 is 5.48 Å². The highest BCUT2D eigenvalue weighted by atomic mass is 32.2. The maximum absolute atomic E-state index is 12.2. The second kappa shape index (κ2) is 8.96. The maximum Gasteiger partial charge on any atom is 0.264 e. The molecule has 1 aliphatic heterocycles. The molecule has 174 valence electrons. The van der Waals surface area contributed by atoms with Crippen LogP contribution in [-0.2, 0) is 24.9 Å². The van der Waals surface area contributed by atoms with E-state index in [1.807, 2.05) is 62.4 Å². The van der Waals surface area contributed by atoms with Crippen LogP contribution in [0.2, 0.25) is 0 Å². The van der Waals surface area contributed by atoms with E-state index in [2.05, 4.69) is 11.2 Å². The van der Waals surface area contributed by atoms with Gasteiger partial charge in [-0.2, -0.15) is 5.26 Å². The van der Waals surface area contributed by atoms with Gasteiger partial charge in [-0.1, -0.05) is 53.7 Å². The third-order valence-corrected chi connectivity index (χ3v) is 8.18. The quantitative estimate of drug-likeness (QED) is 0.473. The summed E-state index contributed by atoms with van der Waals surface area (Å²) < 4.78 is 22.5. The van der Waals surface area contributed by atoms with Crippen molar-refractivity contribution >= 4 is 21.5 Å². The van der Waals surface area contributed by atoms with Gasteiger partial charge in [0, 0.05) is 19.1 Å². The zero-order valence-electron chi connectivity index (χ0n) is 19.0. The highest BCUT2D eigenvalue weighted by Gasteiger charge is 2.47. The minimum Gasteiger partial charge on any atom is -0.392 e. The van der Waals surface area contributed by atoms with Crippen LogP contribution in [-0.4, -0.2) is 42.4 Å². The van der Waals surface area contributed by atoms with Gasteiger partial charge in [-0.25, -0.2) is 13.9 Å². The summed E-state index contributed by atoms with van der Waals surface area (Å²) in [6.45, 7) is 5.01. The fraction of sp³-hybridized carbons (Fsp3) is 0.375. The van der Waals surface area contributed by atoms with Gasteiger partial charge in [0.05, 0.1) is 17.2 Å². The average molecular weight is 470 g/mol. The fourth-order valence-corrected chi connectivity index (χ4v) is 4.54. The molecule has 2 atom stereocenters. The van der Waals surface area contributed by atoms with Gasteiger partial charge in [-0.05, 0) is 43.0 Å². The van der Waals surface area contributed by atoms with E-state index in [9.17, 15) is 18.5 Å². The molecule has 0 fully saturated rings. The molecule has 0 aromatic heterocycles. The minimum atomic E-state index is -3.82. The molecule has 2 aromatic carbocycles. The Balaban J connectivity index is 1.71. The molecule has 0 saturated heterocycles. The molecule has 0 saturated carbocycles.